The van der Waals surface area contributed by atoms with Crippen molar-refractivity contribution >= 4 is 12.2 Å². The summed E-state index contributed by atoms with van der Waals surface area (Å²) in [5.41, 5.74) is 1.60. The quantitative estimate of drug-likeness (QED) is 0.812. The molecule has 7 heteroatoms. The number of hydroxylamine groups is 2. The van der Waals surface area contributed by atoms with E-state index in [-0.39, 0.29) is 12.1 Å². The van der Waals surface area contributed by atoms with Gasteiger partial charge in [0.2, 0.25) is 0 Å². The molecule has 2 aromatic rings. The Kier molecular flexibility index (Phi) is 5.90. The zero-order valence-corrected chi connectivity index (χ0v) is 17.1. The van der Waals surface area contributed by atoms with Crippen molar-refractivity contribution in [1.82, 2.24) is 15.3 Å². The van der Waals surface area contributed by atoms with Gasteiger partial charge in [0.1, 0.15) is 5.60 Å². The Morgan fingerprint density at radius 3 is 2.40 bits per heavy atom. The molecule has 2 amide bonds. The zero-order valence-electron chi connectivity index (χ0n) is 17.1. The summed E-state index contributed by atoms with van der Waals surface area (Å²) in [6.45, 7) is 4.08. The minimum absolute atomic E-state index is 0.142. The van der Waals surface area contributed by atoms with E-state index >= 15 is 0 Å². The van der Waals surface area contributed by atoms with Crippen LogP contribution in [0, 0.1) is 0 Å². The van der Waals surface area contributed by atoms with E-state index in [0.717, 1.165) is 11.1 Å². The maximum absolute atomic E-state index is 12.4. The Balaban J connectivity index is 1.25. The number of carbonyl (C=O) groups is 2. The minimum Gasteiger partial charge on any atom is -0.441 e. The van der Waals surface area contributed by atoms with Gasteiger partial charge in [0.25, 0.3) is 0 Å². The molecule has 1 unspecified atom stereocenters. The third-order valence-corrected chi connectivity index (χ3v) is 5.74. The van der Waals surface area contributed by atoms with E-state index in [2.05, 4.69) is 5.32 Å². The molecule has 1 spiro atoms. The molecule has 0 bridgehead atoms. The maximum atomic E-state index is 12.4. The fourth-order valence-corrected chi connectivity index (χ4v) is 4.01. The molecular weight excluding hydrogens is 382 g/mol. The van der Waals surface area contributed by atoms with Crippen LogP contribution in [0.3, 0.4) is 0 Å². The Hall–Kier alpha value is -3.06. The SMILES string of the molecule is CC(NC(=O)ON1CCC2(CC1)CN(Cc1ccccc1)C(=O)O2)c1ccccc1. The third-order valence-electron chi connectivity index (χ3n) is 5.74. The first-order chi connectivity index (χ1) is 14.5. The predicted octanol–water partition coefficient (Wildman–Crippen LogP) is 3.88. The molecule has 30 heavy (non-hydrogen) atoms. The van der Waals surface area contributed by atoms with Crippen molar-refractivity contribution in [2.45, 2.75) is 38.0 Å². The number of piperidine rings is 1. The van der Waals surface area contributed by atoms with Crippen LogP contribution in [0.5, 0.6) is 0 Å². The number of benzene rings is 2. The summed E-state index contributed by atoms with van der Waals surface area (Å²) in [4.78, 5) is 31.8. The average Bonchev–Trinajstić information content (AvgIpc) is 3.06. The predicted molar refractivity (Wildman–Crippen MR) is 111 cm³/mol. The molecule has 2 heterocycles. The molecule has 7 nitrogen and oxygen atoms in total. The van der Waals surface area contributed by atoms with Crippen molar-refractivity contribution in [3.05, 3.63) is 71.8 Å². The van der Waals surface area contributed by atoms with Crippen molar-refractivity contribution in [1.29, 1.82) is 0 Å². The molecular formula is C23H27N3O4. The van der Waals surface area contributed by atoms with E-state index < -0.39 is 11.7 Å². The van der Waals surface area contributed by atoms with Gasteiger partial charge in [-0.05, 0) is 18.1 Å². The van der Waals surface area contributed by atoms with Gasteiger partial charge in [0.05, 0.1) is 12.6 Å². The van der Waals surface area contributed by atoms with E-state index in [0.29, 0.717) is 39.0 Å². The van der Waals surface area contributed by atoms with Crippen LogP contribution in [0.4, 0.5) is 9.59 Å². The van der Waals surface area contributed by atoms with Crippen molar-refractivity contribution in [3.63, 3.8) is 0 Å². The number of carbonyl (C=O) groups excluding carboxylic acids is 2. The van der Waals surface area contributed by atoms with Gasteiger partial charge in [-0.25, -0.2) is 9.59 Å². The molecule has 158 valence electrons. The smallest absolute Gasteiger partial charge is 0.426 e. The summed E-state index contributed by atoms with van der Waals surface area (Å²) in [6.07, 6.45) is 0.510. The largest absolute Gasteiger partial charge is 0.441 e. The topological polar surface area (TPSA) is 71.1 Å². The van der Waals surface area contributed by atoms with E-state index in [9.17, 15) is 9.59 Å². The second kappa shape index (κ2) is 8.75. The molecule has 0 aliphatic carbocycles. The fourth-order valence-electron chi connectivity index (χ4n) is 4.01. The van der Waals surface area contributed by atoms with E-state index in [1.165, 1.54) is 0 Å². The first kappa shape index (κ1) is 20.2. The summed E-state index contributed by atoms with van der Waals surface area (Å²) in [5, 5.41) is 4.49. The van der Waals surface area contributed by atoms with Crippen LogP contribution in [0.25, 0.3) is 0 Å². The van der Waals surface area contributed by atoms with Crippen LogP contribution in [0.1, 0.15) is 36.9 Å². The van der Waals surface area contributed by atoms with Crippen molar-refractivity contribution in [2.24, 2.45) is 0 Å². The second-order valence-corrected chi connectivity index (χ2v) is 7.98. The van der Waals surface area contributed by atoms with Gasteiger partial charge in [-0.15, -0.1) is 5.06 Å². The van der Waals surface area contributed by atoms with Crippen molar-refractivity contribution in [3.8, 4) is 0 Å². The molecule has 0 saturated carbocycles. The van der Waals surface area contributed by atoms with Gasteiger partial charge in [-0.1, -0.05) is 60.7 Å². The maximum Gasteiger partial charge on any atom is 0.426 e. The van der Waals surface area contributed by atoms with Gasteiger partial charge in [0.15, 0.2) is 0 Å². The number of ether oxygens (including phenoxy) is 1. The van der Waals surface area contributed by atoms with Gasteiger partial charge in [0, 0.05) is 32.5 Å². The highest BCUT2D eigenvalue weighted by Crippen LogP contribution is 2.34. The Bertz CT molecular complexity index is 867. The normalized spacial score (nSPS) is 19.4. The summed E-state index contributed by atoms with van der Waals surface area (Å²) in [7, 11) is 0. The lowest BCUT2D eigenvalue weighted by atomic mass is 9.92. The first-order valence-corrected chi connectivity index (χ1v) is 10.3. The highest BCUT2D eigenvalue weighted by atomic mass is 16.7. The fraction of sp³-hybridized carbons (Fsp3) is 0.391. The molecule has 1 N–H and O–H groups in total. The van der Waals surface area contributed by atoms with Crippen LogP contribution < -0.4 is 5.32 Å². The summed E-state index contributed by atoms with van der Waals surface area (Å²) in [6, 6.07) is 19.5. The zero-order chi connectivity index (χ0) is 21.0. The summed E-state index contributed by atoms with van der Waals surface area (Å²) < 4.78 is 5.75. The lowest BCUT2D eigenvalue weighted by Crippen LogP contribution is -2.48. The summed E-state index contributed by atoms with van der Waals surface area (Å²) in [5.74, 6) is 0. The standard InChI is InChI=1S/C23H27N3O4/c1-18(20-10-6-3-7-11-20)24-21(27)30-26-14-12-23(13-15-26)17-25(22(28)29-23)16-19-8-4-2-5-9-19/h2-11,18H,12-17H2,1H3,(H,24,27). The Morgan fingerprint density at radius 1 is 1.10 bits per heavy atom. The van der Waals surface area contributed by atoms with Crippen LogP contribution in [-0.2, 0) is 16.1 Å². The Labute approximate surface area is 176 Å². The third kappa shape index (κ3) is 4.74. The molecule has 0 aromatic heterocycles. The van der Waals surface area contributed by atoms with Gasteiger partial charge >= 0.3 is 12.2 Å². The van der Waals surface area contributed by atoms with Crippen LogP contribution in [0.15, 0.2) is 60.7 Å². The molecule has 2 aliphatic rings. The number of nitrogens with zero attached hydrogens (tertiary/aromatic N) is 2. The van der Waals surface area contributed by atoms with Crippen molar-refractivity contribution in [2.75, 3.05) is 19.6 Å². The molecule has 2 aliphatic heterocycles. The van der Waals surface area contributed by atoms with Gasteiger partial charge < -0.3 is 14.9 Å². The van der Waals surface area contributed by atoms with Gasteiger partial charge in [-0.3, -0.25) is 4.90 Å². The monoisotopic (exact) mass is 409 g/mol. The number of hydrogen-bond acceptors (Lipinski definition) is 5. The number of hydrogen-bond donors (Lipinski definition) is 1. The molecule has 2 fully saturated rings. The number of rotatable bonds is 5. The first-order valence-electron chi connectivity index (χ1n) is 10.3. The minimum atomic E-state index is -0.500. The van der Waals surface area contributed by atoms with Crippen LogP contribution >= 0.6 is 0 Å². The highest BCUT2D eigenvalue weighted by Gasteiger charge is 2.47. The van der Waals surface area contributed by atoms with E-state index in [1.807, 2.05) is 67.6 Å². The molecule has 4 rings (SSSR count). The van der Waals surface area contributed by atoms with Crippen molar-refractivity contribution < 1.29 is 19.2 Å². The average molecular weight is 409 g/mol. The highest BCUT2D eigenvalue weighted by molar-refractivity contribution is 5.71. The lowest BCUT2D eigenvalue weighted by Gasteiger charge is -2.36. The molecule has 2 saturated heterocycles. The summed E-state index contributed by atoms with van der Waals surface area (Å²) >= 11 is 0. The van der Waals surface area contributed by atoms with E-state index in [4.69, 9.17) is 9.57 Å². The molecule has 2 aromatic carbocycles. The number of amides is 2. The van der Waals surface area contributed by atoms with Crippen LogP contribution in [0.2, 0.25) is 0 Å². The Morgan fingerprint density at radius 2 is 1.73 bits per heavy atom. The molecule has 1 atom stereocenters. The van der Waals surface area contributed by atoms with Crippen LogP contribution in [-0.4, -0.2) is 47.4 Å². The second-order valence-electron chi connectivity index (χ2n) is 7.98. The lowest BCUT2D eigenvalue weighted by molar-refractivity contribution is -0.142. The van der Waals surface area contributed by atoms with E-state index in [1.54, 1.807) is 9.96 Å². The van der Waals surface area contributed by atoms with Gasteiger partial charge in [-0.2, -0.15) is 0 Å². The number of nitrogens with one attached hydrogen (secondary N) is 1. The molecule has 0 radical (unpaired) electrons.